The van der Waals surface area contributed by atoms with Crippen molar-refractivity contribution in [1.82, 2.24) is 5.32 Å². The smallest absolute Gasteiger partial charge is 0.108 e. The summed E-state index contributed by atoms with van der Waals surface area (Å²) in [5, 5.41) is 3.29. The Hall–Kier alpha value is -1.68. The average Bonchev–Trinajstić information content (AvgIpc) is 2.56. The van der Waals surface area contributed by atoms with Gasteiger partial charge in [-0.05, 0) is 11.1 Å². The molecule has 0 amide bonds. The summed E-state index contributed by atoms with van der Waals surface area (Å²) in [5.41, 5.74) is 2.36. The molecule has 0 atom stereocenters. The Balaban J connectivity index is 1.94. The second-order valence-electron chi connectivity index (χ2n) is 4.81. The molecule has 1 N–H and O–H groups in total. The van der Waals surface area contributed by atoms with Gasteiger partial charge in [0.1, 0.15) is 6.10 Å². The fraction of sp³-hybridized carbons (Fsp3) is 0.333. The molecule has 0 unspecified atom stereocenters. The predicted octanol–water partition coefficient (Wildman–Crippen LogP) is 3.03. The molecule has 0 aliphatic heterocycles. The van der Waals surface area contributed by atoms with E-state index >= 15 is 0 Å². The predicted molar refractivity (Wildman–Crippen MR) is 85.4 cm³/mol. The lowest BCUT2D eigenvalue weighted by atomic mass is 10.0. The molecule has 0 heterocycles. The number of hydrogen-bond acceptors (Lipinski definition) is 3. The topological polar surface area (TPSA) is 30.5 Å². The summed E-state index contributed by atoms with van der Waals surface area (Å²) in [7, 11) is 1.71. The first kappa shape index (κ1) is 15.7. The molecule has 0 saturated carbocycles. The summed E-state index contributed by atoms with van der Waals surface area (Å²) in [5.74, 6) is 0. The Morgan fingerprint density at radius 2 is 1.33 bits per heavy atom. The number of hydrogen-bond donors (Lipinski definition) is 1. The van der Waals surface area contributed by atoms with E-state index in [0.29, 0.717) is 6.61 Å². The van der Waals surface area contributed by atoms with Crippen molar-refractivity contribution in [3.05, 3.63) is 71.8 Å². The van der Waals surface area contributed by atoms with E-state index in [2.05, 4.69) is 29.6 Å². The van der Waals surface area contributed by atoms with Gasteiger partial charge in [0.05, 0.1) is 13.2 Å². The van der Waals surface area contributed by atoms with Crippen molar-refractivity contribution in [3.8, 4) is 0 Å². The van der Waals surface area contributed by atoms with Crippen LogP contribution in [0.25, 0.3) is 0 Å². The van der Waals surface area contributed by atoms with Gasteiger partial charge in [-0.3, -0.25) is 0 Å². The van der Waals surface area contributed by atoms with Crippen molar-refractivity contribution in [2.45, 2.75) is 6.10 Å². The molecule has 2 aromatic carbocycles. The number of nitrogens with one attached hydrogen (secondary N) is 1. The van der Waals surface area contributed by atoms with Crippen LogP contribution < -0.4 is 5.32 Å². The van der Waals surface area contributed by atoms with E-state index in [1.807, 2.05) is 36.4 Å². The van der Waals surface area contributed by atoms with E-state index in [1.54, 1.807) is 7.11 Å². The highest BCUT2D eigenvalue weighted by molar-refractivity contribution is 5.29. The molecule has 112 valence electrons. The van der Waals surface area contributed by atoms with Crippen molar-refractivity contribution < 1.29 is 9.47 Å². The van der Waals surface area contributed by atoms with Gasteiger partial charge in [-0.15, -0.1) is 0 Å². The molecule has 21 heavy (non-hydrogen) atoms. The highest BCUT2D eigenvalue weighted by Gasteiger charge is 2.13. The van der Waals surface area contributed by atoms with Crippen molar-refractivity contribution in [2.75, 3.05) is 33.4 Å². The molecule has 0 saturated heterocycles. The monoisotopic (exact) mass is 285 g/mol. The number of methoxy groups -OCH3 is 1. The second kappa shape index (κ2) is 9.29. The first-order valence-electron chi connectivity index (χ1n) is 7.33. The van der Waals surface area contributed by atoms with Gasteiger partial charge in [0.15, 0.2) is 0 Å². The third kappa shape index (κ3) is 5.31. The fourth-order valence-electron chi connectivity index (χ4n) is 2.19. The lowest BCUT2D eigenvalue weighted by Crippen LogP contribution is -2.24. The molecule has 2 rings (SSSR count). The molecule has 0 aliphatic carbocycles. The van der Waals surface area contributed by atoms with E-state index < -0.39 is 0 Å². The molecule has 0 aromatic heterocycles. The molecular weight excluding hydrogens is 262 g/mol. The summed E-state index contributed by atoms with van der Waals surface area (Å²) < 4.78 is 11.1. The molecule has 0 aliphatic rings. The van der Waals surface area contributed by atoms with Gasteiger partial charge >= 0.3 is 0 Å². The first-order valence-corrected chi connectivity index (χ1v) is 7.33. The number of rotatable bonds is 9. The molecule has 3 heteroatoms. The van der Waals surface area contributed by atoms with Crippen LogP contribution in [-0.4, -0.2) is 33.4 Å². The Bertz CT molecular complexity index is 448. The molecular formula is C18H23NO2. The van der Waals surface area contributed by atoms with Gasteiger partial charge in [0.2, 0.25) is 0 Å². The van der Waals surface area contributed by atoms with Crippen molar-refractivity contribution in [3.63, 3.8) is 0 Å². The van der Waals surface area contributed by atoms with Gasteiger partial charge in [-0.25, -0.2) is 0 Å². The number of benzene rings is 2. The molecule has 2 aromatic rings. The largest absolute Gasteiger partial charge is 0.383 e. The normalized spacial score (nSPS) is 11.0. The van der Waals surface area contributed by atoms with Gasteiger partial charge in [0.25, 0.3) is 0 Å². The Morgan fingerprint density at radius 3 is 1.86 bits per heavy atom. The minimum atomic E-state index is -0.0170. The standard InChI is InChI=1S/C18H23NO2/c1-20-14-12-19-13-15-21-18(16-8-4-2-5-9-16)17-10-6-3-7-11-17/h2-11,18-19H,12-15H2,1H3. The quantitative estimate of drug-likeness (QED) is 0.718. The number of ether oxygens (including phenoxy) is 2. The van der Waals surface area contributed by atoms with Gasteiger partial charge in [-0.1, -0.05) is 60.7 Å². The van der Waals surface area contributed by atoms with Crippen molar-refractivity contribution >= 4 is 0 Å². The van der Waals surface area contributed by atoms with Crippen molar-refractivity contribution in [1.29, 1.82) is 0 Å². The Labute approximate surface area is 126 Å². The maximum absolute atomic E-state index is 6.09. The minimum absolute atomic E-state index is 0.0170. The van der Waals surface area contributed by atoms with Crippen LogP contribution in [0.3, 0.4) is 0 Å². The van der Waals surface area contributed by atoms with Gasteiger partial charge in [0, 0.05) is 20.2 Å². The van der Waals surface area contributed by atoms with Crippen LogP contribution in [0.15, 0.2) is 60.7 Å². The van der Waals surface area contributed by atoms with E-state index in [0.717, 1.165) is 19.7 Å². The SMILES string of the molecule is COCCNCCOC(c1ccccc1)c1ccccc1. The van der Waals surface area contributed by atoms with E-state index in [4.69, 9.17) is 9.47 Å². The molecule has 0 spiro atoms. The summed E-state index contributed by atoms with van der Waals surface area (Å²) in [4.78, 5) is 0. The molecule has 0 bridgehead atoms. The minimum Gasteiger partial charge on any atom is -0.383 e. The Morgan fingerprint density at radius 1 is 0.810 bits per heavy atom. The van der Waals surface area contributed by atoms with Crippen LogP contribution in [0.2, 0.25) is 0 Å². The molecule has 0 radical (unpaired) electrons. The summed E-state index contributed by atoms with van der Waals surface area (Å²) in [6.07, 6.45) is -0.0170. The average molecular weight is 285 g/mol. The van der Waals surface area contributed by atoms with Gasteiger partial charge in [-0.2, -0.15) is 0 Å². The summed E-state index contributed by atoms with van der Waals surface area (Å²) in [6.45, 7) is 3.06. The summed E-state index contributed by atoms with van der Waals surface area (Å²) in [6, 6.07) is 20.7. The van der Waals surface area contributed by atoms with Crippen LogP contribution >= 0.6 is 0 Å². The van der Waals surface area contributed by atoms with Crippen LogP contribution in [0.4, 0.5) is 0 Å². The van der Waals surface area contributed by atoms with Crippen LogP contribution in [-0.2, 0) is 9.47 Å². The summed E-state index contributed by atoms with van der Waals surface area (Å²) >= 11 is 0. The van der Waals surface area contributed by atoms with E-state index in [1.165, 1.54) is 11.1 Å². The molecule has 0 fully saturated rings. The van der Waals surface area contributed by atoms with Gasteiger partial charge < -0.3 is 14.8 Å². The fourth-order valence-corrected chi connectivity index (χ4v) is 2.19. The zero-order valence-corrected chi connectivity index (χ0v) is 12.5. The highest BCUT2D eigenvalue weighted by Crippen LogP contribution is 2.25. The van der Waals surface area contributed by atoms with Crippen LogP contribution in [0.5, 0.6) is 0 Å². The Kier molecular flexibility index (Phi) is 6.95. The zero-order valence-electron chi connectivity index (χ0n) is 12.5. The third-order valence-corrected chi connectivity index (χ3v) is 3.25. The van der Waals surface area contributed by atoms with E-state index in [9.17, 15) is 0 Å². The highest BCUT2D eigenvalue weighted by atomic mass is 16.5. The van der Waals surface area contributed by atoms with Crippen molar-refractivity contribution in [2.24, 2.45) is 0 Å². The second-order valence-corrected chi connectivity index (χ2v) is 4.81. The lowest BCUT2D eigenvalue weighted by molar-refractivity contribution is 0.0808. The zero-order chi connectivity index (χ0) is 14.8. The molecule has 3 nitrogen and oxygen atoms in total. The third-order valence-electron chi connectivity index (χ3n) is 3.25. The maximum atomic E-state index is 6.09. The first-order chi connectivity index (χ1) is 10.4. The van der Waals surface area contributed by atoms with E-state index in [-0.39, 0.29) is 6.10 Å². The van der Waals surface area contributed by atoms with Crippen LogP contribution in [0.1, 0.15) is 17.2 Å². The van der Waals surface area contributed by atoms with Crippen LogP contribution in [0, 0.1) is 0 Å². The maximum Gasteiger partial charge on any atom is 0.108 e. The lowest BCUT2D eigenvalue weighted by Gasteiger charge is -2.19.